The fourth-order valence-electron chi connectivity index (χ4n) is 4.03. The Balaban J connectivity index is 1.75. The molecule has 1 atom stereocenters. The number of para-hydroxylation sites is 1. The summed E-state index contributed by atoms with van der Waals surface area (Å²) in [7, 11) is 0. The number of hydrogen-bond donors (Lipinski definition) is 1. The number of nitrogens with zero attached hydrogens (tertiary/aromatic N) is 1. The Morgan fingerprint density at radius 3 is 2.76 bits per heavy atom. The predicted octanol–water partition coefficient (Wildman–Crippen LogP) is 3.59. The summed E-state index contributed by atoms with van der Waals surface area (Å²) in [5.74, 6) is 1.50. The Bertz CT molecular complexity index is 1020. The van der Waals surface area contributed by atoms with Gasteiger partial charge in [-0.3, -0.25) is 4.79 Å². The van der Waals surface area contributed by atoms with Crippen molar-refractivity contribution in [1.29, 1.82) is 0 Å². The molecule has 0 saturated heterocycles. The van der Waals surface area contributed by atoms with Crippen LogP contribution in [0.1, 0.15) is 22.6 Å². The number of hydrogen-bond acceptors (Lipinski definition) is 4. The molecule has 2 aliphatic heterocycles. The van der Waals surface area contributed by atoms with E-state index >= 15 is 0 Å². The Kier molecular flexibility index (Phi) is 2.70. The van der Waals surface area contributed by atoms with E-state index in [4.69, 9.17) is 9.26 Å². The van der Waals surface area contributed by atoms with Gasteiger partial charge >= 0.3 is 0 Å². The third-order valence-electron chi connectivity index (χ3n) is 5.23. The van der Waals surface area contributed by atoms with E-state index in [9.17, 15) is 4.79 Å². The summed E-state index contributed by atoms with van der Waals surface area (Å²) in [5.41, 5.74) is 4.72. The van der Waals surface area contributed by atoms with E-state index < -0.39 is 5.41 Å². The Labute approximate surface area is 144 Å². The van der Waals surface area contributed by atoms with Crippen molar-refractivity contribution in [3.8, 4) is 16.9 Å². The first-order chi connectivity index (χ1) is 12.1. The molecular weight excluding hydrogens is 316 g/mol. The van der Waals surface area contributed by atoms with Crippen molar-refractivity contribution in [3.63, 3.8) is 0 Å². The van der Waals surface area contributed by atoms with Crippen molar-refractivity contribution in [3.05, 3.63) is 65.0 Å². The lowest BCUT2D eigenvalue weighted by Gasteiger charge is -2.20. The second-order valence-corrected chi connectivity index (χ2v) is 6.60. The molecule has 1 N–H and O–H groups in total. The minimum Gasteiger partial charge on any atom is -0.491 e. The van der Waals surface area contributed by atoms with Gasteiger partial charge in [0.15, 0.2) is 0 Å². The number of aromatic nitrogens is 1. The number of carbonyl (C=O) groups is 1. The van der Waals surface area contributed by atoms with Crippen LogP contribution in [0, 0.1) is 13.8 Å². The summed E-state index contributed by atoms with van der Waals surface area (Å²) in [6, 6.07) is 13.7. The van der Waals surface area contributed by atoms with Gasteiger partial charge in [-0.2, -0.15) is 0 Å². The standard InChI is InChI=1S/C20H16N2O3/c1-11-18(12(2)25-22-11)13-7-8-16-15(9-13)20(19(23)21-16)10-24-17-6-4-3-5-14(17)20/h3-9H,10H2,1-2H3,(H,21,23). The zero-order chi connectivity index (χ0) is 17.2. The van der Waals surface area contributed by atoms with E-state index in [2.05, 4.69) is 16.5 Å². The molecule has 1 aromatic heterocycles. The summed E-state index contributed by atoms with van der Waals surface area (Å²) in [4.78, 5) is 12.9. The molecule has 0 aliphatic carbocycles. The lowest BCUT2D eigenvalue weighted by atomic mass is 9.76. The Morgan fingerprint density at radius 1 is 1.12 bits per heavy atom. The van der Waals surface area contributed by atoms with Crippen molar-refractivity contribution >= 4 is 11.6 Å². The van der Waals surface area contributed by atoms with Crippen molar-refractivity contribution in [2.24, 2.45) is 0 Å². The summed E-state index contributed by atoms with van der Waals surface area (Å²) >= 11 is 0. The highest BCUT2D eigenvalue weighted by Gasteiger charge is 2.53. The molecule has 5 rings (SSSR count). The number of rotatable bonds is 1. The van der Waals surface area contributed by atoms with Gasteiger partial charge in [0.1, 0.15) is 23.5 Å². The largest absolute Gasteiger partial charge is 0.491 e. The van der Waals surface area contributed by atoms with Gasteiger partial charge in [0.2, 0.25) is 5.91 Å². The average Bonchev–Trinajstić information content (AvgIpc) is 3.25. The number of benzene rings is 2. The molecule has 1 unspecified atom stereocenters. The van der Waals surface area contributed by atoms with E-state index in [1.807, 2.05) is 50.2 Å². The van der Waals surface area contributed by atoms with Gasteiger partial charge in [0.05, 0.1) is 5.69 Å². The van der Waals surface area contributed by atoms with E-state index in [0.29, 0.717) is 6.61 Å². The van der Waals surface area contributed by atoms with E-state index in [-0.39, 0.29) is 5.91 Å². The maximum Gasteiger partial charge on any atom is 0.243 e. The molecule has 124 valence electrons. The molecule has 5 heteroatoms. The zero-order valence-corrected chi connectivity index (χ0v) is 13.9. The molecule has 25 heavy (non-hydrogen) atoms. The maximum absolute atomic E-state index is 12.9. The molecule has 0 fully saturated rings. The number of anilines is 1. The molecule has 0 bridgehead atoms. The third kappa shape index (κ3) is 1.72. The van der Waals surface area contributed by atoms with Gasteiger partial charge in [0, 0.05) is 16.8 Å². The quantitative estimate of drug-likeness (QED) is 0.740. The second kappa shape index (κ2) is 4.72. The zero-order valence-electron chi connectivity index (χ0n) is 13.9. The van der Waals surface area contributed by atoms with Gasteiger partial charge in [-0.05, 0) is 43.2 Å². The van der Waals surface area contributed by atoms with Gasteiger partial charge < -0.3 is 14.6 Å². The average molecular weight is 332 g/mol. The minimum atomic E-state index is -0.791. The fourth-order valence-corrected chi connectivity index (χ4v) is 4.03. The number of fused-ring (bicyclic) bond motifs is 4. The van der Waals surface area contributed by atoms with Crippen LogP contribution < -0.4 is 10.1 Å². The molecule has 3 heterocycles. The second-order valence-electron chi connectivity index (χ2n) is 6.60. The molecular formula is C20H16N2O3. The van der Waals surface area contributed by atoms with Gasteiger partial charge in [0.25, 0.3) is 0 Å². The van der Waals surface area contributed by atoms with Gasteiger partial charge in [-0.1, -0.05) is 29.4 Å². The van der Waals surface area contributed by atoms with Crippen LogP contribution in [-0.4, -0.2) is 17.7 Å². The molecule has 3 aromatic rings. The maximum atomic E-state index is 12.9. The number of aryl methyl sites for hydroxylation is 2. The van der Waals surface area contributed by atoms with Gasteiger partial charge in [-0.15, -0.1) is 0 Å². The highest BCUT2D eigenvalue weighted by atomic mass is 16.5. The smallest absolute Gasteiger partial charge is 0.243 e. The van der Waals surface area contributed by atoms with Crippen LogP contribution >= 0.6 is 0 Å². The van der Waals surface area contributed by atoms with Gasteiger partial charge in [-0.25, -0.2) is 0 Å². The number of ether oxygens (including phenoxy) is 1. The highest BCUT2D eigenvalue weighted by molar-refractivity contribution is 6.10. The first-order valence-electron chi connectivity index (χ1n) is 8.23. The van der Waals surface area contributed by atoms with Crippen LogP contribution in [0.4, 0.5) is 5.69 Å². The molecule has 5 nitrogen and oxygen atoms in total. The molecule has 0 radical (unpaired) electrons. The van der Waals surface area contributed by atoms with Crippen LogP contribution in [0.25, 0.3) is 11.1 Å². The van der Waals surface area contributed by atoms with Crippen molar-refractivity contribution in [2.75, 3.05) is 11.9 Å². The highest BCUT2D eigenvalue weighted by Crippen LogP contribution is 2.50. The van der Waals surface area contributed by atoms with Crippen molar-refractivity contribution < 1.29 is 14.1 Å². The first-order valence-corrected chi connectivity index (χ1v) is 8.23. The molecule has 2 aliphatic rings. The summed E-state index contributed by atoms with van der Waals surface area (Å²) in [5, 5.41) is 7.06. The van der Waals surface area contributed by atoms with Crippen LogP contribution in [0.3, 0.4) is 0 Å². The summed E-state index contributed by atoms with van der Waals surface area (Å²) in [6.45, 7) is 4.14. The van der Waals surface area contributed by atoms with Crippen LogP contribution in [0.5, 0.6) is 5.75 Å². The number of amides is 1. The molecule has 0 saturated carbocycles. The number of carbonyl (C=O) groups excluding carboxylic acids is 1. The van der Waals surface area contributed by atoms with E-state index in [1.165, 1.54) is 0 Å². The van der Waals surface area contributed by atoms with E-state index in [0.717, 1.165) is 45.1 Å². The lowest BCUT2D eigenvalue weighted by Crippen LogP contribution is -2.37. The van der Waals surface area contributed by atoms with Crippen LogP contribution in [-0.2, 0) is 10.2 Å². The Hall–Kier alpha value is -3.08. The number of nitrogens with one attached hydrogen (secondary N) is 1. The van der Waals surface area contributed by atoms with Crippen LogP contribution in [0.15, 0.2) is 47.0 Å². The van der Waals surface area contributed by atoms with Crippen LogP contribution in [0.2, 0.25) is 0 Å². The third-order valence-corrected chi connectivity index (χ3v) is 5.23. The SMILES string of the molecule is Cc1noc(C)c1-c1ccc2c(c1)C1(COc3ccccc31)C(=O)N2. The first kappa shape index (κ1) is 14.3. The monoisotopic (exact) mass is 332 g/mol. The summed E-state index contributed by atoms with van der Waals surface area (Å²) < 4.78 is 11.2. The topological polar surface area (TPSA) is 64.4 Å². The normalized spacial score (nSPS) is 20.3. The predicted molar refractivity (Wildman–Crippen MR) is 92.8 cm³/mol. The fraction of sp³-hybridized carbons (Fsp3) is 0.200. The van der Waals surface area contributed by atoms with Crippen molar-refractivity contribution in [1.82, 2.24) is 5.16 Å². The van der Waals surface area contributed by atoms with E-state index in [1.54, 1.807) is 0 Å². The van der Waals surface area contributed by atoms with Crippen molar-refractivity contribution in [2.45, 2.75) is 19.3 Å². The molecule has 2 aromatic carbocycles. The summed E-state index contributed by atoms with van der Waals surface area (Å²) in [6.07, 6.45) is 0. The minimum absolute atomic E-state index is 0.0386. The Morgan fingerprint density at radius 2 is 1.96 bits per heavy atom. The molecule has 1 spiro atoms. The lowest BCUT2D eigenvalue weighted by molar-refractivity contribution is -0.119. The molecule has 1 amide bonds.